The fourth-order valence-corrected chi connectivity index (χ4v) is 9.57. The molecule has 0 unspecified atom stereocenters. The van der Waals surface area contributed by atoms with E-state index < -0.39 is 0 Å². The van der Waals surface area contributed by atoms with Crippen LogP contribution < -0.4 is 0 Å². The van der Waals surface area contributed by atoms with Gasteiger partial charge in [0, 0.05) is 20.2 Å². The SMILES string of the molecule is c1ccc2c(c1)sc1ccc(-c3ccc(-c4ccc5c(c4)c4ccccc4c4c6ccccc6c6ccccc6c54)c4ccccc34)cc12. The fraction of sp³-hybridized carbons (Fsp3) is 0. The van der Waals surface area contributed by atoms with E-state index in [1.165, 1.54) is 107 Å². The van der Waals surface area contributed by atoms with Crippen molar-refractivity contribution in [3.05, 3.63) is 170 Å². The van der Waals surface area contributed by atoms with E-state index in [1.807, 2.05) is 11.3 Å². The van der Waals surface area contributed by atoms with E-state index >= 15 is 0 Å². The third-order valence-corrected chi connectivity index (χ3v) is 11.8. The number of hydrogen-bond donors (Lipinski definition) is 0. The van der Waals surface area contributed by atoms with E-state index in [1.54, 1.807) is 0 Å². The topological polar surface area (TPSA) is 0 Å². The van der Waals surface area contributed by atoms with Crippen molar-refractivity contribution >= 4 is 96.1 Å². The summed E-state index contributed by atoms with van der Waals surface area (Å²) in [6, 6.07) is 63.2. The van der Waals surface area contributed by atoms with Crippen LogP contribution in [0.15, 0.2) is 170 Å². The molecular formula is C48H28S. The van der Waals surface area contributed by atoms with Gasteiger partial charge in [0.2, 0.25) is 0 Å². The molecule has 0 aliphatic carbocycles. The average molecular weight is 637 g/mol. The standard InChI is InChI=1S/C48H28S/c1-2-12-34-32(30-22-26-46-44(28-30)38-16-9-10-20-45(38)49-46)25-24-31(33(34)11-1)29-21-23-42-43(27-29)37-15-5-8-19-41(37)47-39-17-6-3-13-35(39)36-14-4-7-18-40(36)48(42)47/h1-28H. The molecule has 0 aliphatic heterocycles. The highest BCUT2D eigenvalue weighted by molar-refractivity contribution is 7.25. The minimum Gasteiger partial charge on any atom is -0.135 e. The van der Waals surface area contributed by atoms with E-state index in [0.29, 0.717) is 0 Å². The number of fused-ring (bicyclic) bond motifs is 15. The molecule has 0 bridgehead atoms. The van der Waals surface area contributed by atoms with Gasteiger partial charge in [0.1, 0.15) is 0 Å². The van der Waals surface area contributed by atoms with Gasteiger partial charge in [-0.2, -0.15) is 0 Å². The van der Waals surface area contributed by atoms with E-state index in [2.05, 4.69) is 170 Å². The van der Waals surface area contributed by atoms with Crippen LogP contribution in [-0.4, -0.2) is 0 Å². The maximum Gasteiger partial charge on any atom is 0.0355 e. The number of benzene rings is 10. The van der Waals surface area contributed by atoms with Crippen molar-refractivity contribution in [1.29, 1.82) is 0 Å². The van der Waals surface area contributed by atoms with Crippen LogP contribution in [-0.2, 0) is 0 Å². The predicted octanol–water partition coefficient (Wildman–Crippen LogP) is 14.3. The monoisotopic (exact) mass is 636 g/mol. The summed E-state index contributed by atoms with van der Waals surface area (Å²) in [5, 5.41) is 18.3. The molecule has 0 N–H and O–H groups in total. The summed E-state index contributed by atoms with van der Waals surface area (Å²) in [4.78, 5) is 0. The van der Waals surface area contributed by atoms with Crippen LogP contribution >= 0.6 is 11.3 Å². The maximum atomic E-state index is 2.44. The van der Waals surface area contributed by atoms with Crippen LogP contribution in [0, 0.1) is 0 Å². The second-order valence-electron chi connectivity index (χ2n) is 13.2. The second kappa shape index (κ2) is 10.2. The Labute approximate surface area is 287 Å². The molecule has 0 saturated heterocycles. The van der Waals surface area contributed by atoms with Crippen molar-refractivity contribution in [3.63, 3.8) is 0 Å². The van der Waals surface area contributed by atoms with E-state index in [4.69, 9.17) is 0 Å². The average Bonchev–Trinajstić information content (AvgIpc) is 3.55. The van der Waals surface area contributed by atoms with Crippen molar-refractivity contribution in [1.82, 2.24) is 0 Å². The molecule has 0 nitrogen and oxygen atoms in total. The summed E-state index contributed by atoms with van der Waals surface area (Å²) in [6.45, 7) is 0. The number of hydrogen-bond acceptors (Lipinski definition) is 1. The zero-order valence-corrected chi connectivity index (χ0v) is 27.4. The first-order valence-electron chi connectivity index (χ1n) is 16.9. The van der Waals surface area contributed by atoms with Gasteiger partial charge in [0.25, 0.3) is 0 Å². The van der Waals surface area contributed by atoms with E-state index in [9.17, 15) is 0 Å². The Bertz CT molecular complexity index is 3160. The molecule has 0 fully saturated rings. The highest BCUT2D eigenvalue weighted by Gasteiger charge is 2.17. The fourth-order valence-electron chi connectivity index (χ4n) is 8.49. The first-order chi connectivity index (χ1) is 24.3. The van der Waals surface area contributed by atoms with Gasteiger partial charge in [-0.3, -0.25) is 0 Å². The van der Waals surface area contributed by atoms with Crippen LogP contribution in [0.4, 0.5) is 0 Å². The van der Waals surface area contributed by atoms with E-state index in [-0.39, 0.29) is 0 Å². The third kappa shape index (κ3) is 3.85. The predicted molar refractivity (Wildman–Crippen MR) is 215 cm³/mol. The summed E-state index contributed by atoms with van der Waals surface area (Å²) in [5.41, 5.74) is 5.03. The molecule has 1 heterocycles. The van der Waals surface area contributed by atoms with Crippen molar-refractivity contribution in [2.75, 3.05) is 0 Å². The van der Waals surface area contributed by atoms with Gasteiger partial charge in [-0.05, 0) is 111 Å². The van der Waals surface area contributed by atoms with Crippen LogP contribution in [0.3, 0.4) is 0 Å². The highest BCUT2D eigenvalue weighted by atomic mass is 32.1. The lowest BCUT2D eigenvalue weighted by Crippen LogP contribution is -1.90. The summed E-state index contributed by atoms with van der Waals surface area (Å²) in [5.74, 6) is 0. The van der Waals surface area contributed by atoms with Crippen molar-refractivity contribution in [3.8, 4) is 22.3 Å². The lowest BCUT2D eigenvalue weighted by Gasteiger charge is -2.17. The molecule has 11 aromatic rings. The first kappa shape index (κ1) is 27.0. The van der Waals surface area contributed by atoms with Gasteiger partial charge >= 0.3 is 0 Å². The quantitative estimate of drug-likeness (QED) is 0.166. The molecule has 1 aromatic heterocycles. The smallest absolute Gasteiger partial charge is 0.0355 e. The van der Waals surface area contributed by atoms with Gasteiger partial charge < -0.3 is 0 Å². The van der Waals surface area contributed by atoms with Crippen molar-refractivity contribution < 1.29 is 0 Å². The van der Waals surface area contributed by atoms with Gasteiger partial charge in [0.05, 0.1) is 0 Å². The third-order valence-electron chi connectivity index (χ3n) is 10.6. The van der Waals surface area contributed by atoms with Gasteiger partial charge in [-0.25, -0.2) is 0 Å². The molecule has 0 radical (unpaired) electrons. The summed E-state index contributed by atoms with van der Waals surface area (Å²) in [6.07, 6.45) is 0. The Morgan fingerprint density at radius 1 is 0.245 bits per heavy atom. The molecule has 11 rings (SSSR count). The Kier molecular flexibility index (Phi) is 5.64. The Hall–Kier alpha value is -6.02. The summed E-state index contributed by atoms with van der Waals surface area (Å²) in [7, 11) is 0. The molecule has 10 aromatic carbocycles. The molecule has 0 aliphatic rings. The molecule has 0 saturated carbocycles. The molecule has 226 valence electrons. The Morgan fingerprint density at radius 2 is 0.633 bits per heavy atom. The lowest BCUT2D eigenvalue weighted by atomic mass is 9.85. The molecule has 0 atom stereocenters. The minimum absolute atomic E-state index is 1.24. The molecule has 1 heteroatoms. The van der Waals surface area contributed by atoms with Crippen LogP contribution in [0.25, 0.3) is 107 Å². The summed E-state index contributed by atoms with van der Waals surface area (Å²) < 4.78 is 2.68. The molecule has 49 heavy (non-hydrogen) atoms. The summed E-state index contributed by atoms with van der Waals surface area (Å²) >= 11 is 1.87. The maximum absolute atomic E-state index is 2.44. The molecule has 0 amide bonds. The van der Waals surface area contributed by atoms with Gasteiger partial charge in [-0.1, -0.05) is 146 Å². The molecule has 0 spiro atoms. The van der Waals surface area contributed by atoms with E-state index in [0.717, 1.165) is 0 Å². The minimum atomic E-state index is 1.24. The van der Waals surface area contributed by atoms with Gasteiger partial charge in [-0.15, -0.1) is 11.3 Å². The highest BCUT2D eigenvalue weighted by Crippen LogP contribution is 2.46. The Balaban J connectivity index is 1.18. The number of rotatable bonds is 2. The van der Waals surface area contributed by atoms with Crippen LogP contribution in [0.1, 0.15) is 0 Å². The van der Waals surface area contributed by atoms with Crippen LogP contribution in [0.5, 0.6) is 0 Å². The largest absolute Gasteiger partial charge is 0.135 e. The zero-order valence-electron chi connectivity index (χ0n) is 26.6. The lowest BCUT2D eigenvalue weighted by molar-refractivity contribution is 1.67. The second-order valence-corrected chi connectivity index (χ2v) is 14.2. The first-order valence-corrected chi connectivity index (χ1v) is 17.7. The Morgan fingerprint density at radius 3 is 1.20 bits per heavy atom. The molecular weight excluding hydrogens is 609 g/mol. The number of thiophene rings is 1. The van der Waals surface area contributed by atoms with Crippen LogP contribution in [0.2, 0.25) is 0 Å². The zero-order chi connectivity index (χ0) is 32.1. The van der Waals surface area contributed by atoms with Crippen molar-refractivity contribution in [2.45, 2.75) is 0 Å². The van der Waals surface area contributed by atoms with Crippen molar-refractivity contribution in [2.24, 2.45) is 0 Å². The normalized spacial score (nSPS) is 12.1. The van der Waals surface area contributed by atoms with Gasteiger partial charge in [0.15, 0.2) is 0 Å².